The first-order chi connectivity index (χ1) is 16.5. The van der Waals surface area contributed by atoms with E-state index in [4.69, 9.17) is 0 Å². The highest BCUT2D eigenvalue weighted by atomic mass is 19.4. The van der Waals surface area contributed by atoms with Crippen molar-refractivity contribution in [2.75, 3.05) is 0 Å². The van der Waals surface area contributed by atoms with Gasteiger partial charge in [-0.3, -0.25) is 0 Å². The second-order valence-corrected chi connectivity index (χ2v) is 9.81. The first-order valence-corrected chi connectivity index (χ1v) is 11.7. The van der Waals surface area contributed by atoms with Crippen molar-refractivity contribution in [1.82, 2.24) is 20.6 Å². The Kier molecular flexibility index (Phi) is 5.74. The molecular weight excluding hydrogens is 464 g/mol. The van der Waals surface area contributed by atoms with Crippen LogP contribution >= 0.6 is 0 Å². The number of urea groups is 1. The second-order valence-electron chi connectivity index (χ2n) is 9.81. The zero-order valence-corrected chi connectivity index (χ0v) is 18.9. The van der Waals surface area contributed by atoms with E-state index >= 15 is 0 Å². The van der Waals surface area contributed by atoms with E-state index < -0.39 is 40.8 Å². The number of carbonyl (C=O) groups is 1. The number of hydrogen-bond acceptors (Lipinski definition) is 3. The number of nitrogens with zero attached hydrogens (tertiary/aromatic N) is 1. The lowest BCUT2D eigenvalue weighted by atomic mass is 9.63. The van der Waals surface area contributed by atoms with Crippen LogP contribution in [0.15, 0.2) is 42.5 Å². The molecule has 1 unspecified atom stereocenters. The van der Waals surface area contributed by atoms with Gasteiger partial charge in [-0.25, -0.2) is 14.2 Å². The fourth-order valence-electron chi connectivity index (χ4n) is 5.29. The molecule has 0 aliphatic heterocycles. The van der Waals surface area contributed by atoms with Gasteiger partial charge in [-0.1, -0.05) is 18.2 Å². The molecule has 4 N–H and O–H groups in total. The number of H-pyrrole nitrogens is 1. The summed E-state index contributed by atoms with van der Waals surface area (Å²) in [5.74, 6) is -0.945. The summed E-state index contributed by atoms with van der Waals surface area (Å²) in [6.07, 6.45) is -0.830. The van der Waals surface area contributed by atoms with E-state index in [2.05, 4.69) is 20.6 Å². The zero-order chi connectivity index (χ0) is 24.8. The molecule has 3 aromatic rings. The van der Waals surface area contributed by atoms with Crippen LogP contribution in [0.1, 0.15) is 61.5 Å². The quantitative estimate of drug-likeness (QED) is 0.373. The van der Waals surface area contributed by atoms with Gasteiger partial charge in [0.05, 0.1) is 28.2 Å². The summed E-state index contributed by atoms with van der Waals surface area (Å²) in [5, 5.41) is 16.4. The van der Waals surface area contributed by atoms with Crippen LogP contribution in [0.3, 0.4) is 0 Å². The Morgan fingerprint density at radius 3 is 2.40 bits per heavy atom. The number of hydrogen-bond donors (Lipinski definition) is 4. The first-order valence-electron chi connectivity index (χ1n) is 11.7. The van der Waals surface area contributed by atoms with Crippen molar-refractivity contribution in [2.45, 2.75) is 68.3 Å². The summed E-state index contributed by atoms with van der Waals surface area (Å²) in [5.41, 5.74) is -0.659. The molecule has 0 radical (unpaired) electrons. The Morgan fingerprint density at radius 2 is 1.77 bits per heavy atom. The second kappa shape index (κ2) is 8.51. The van der Waals surface area contributed by atoms with E-state index in [-0.39, 0.29) is 6.42 Å². The first kappa shape index (κ1) is 23.6. The van der Waals surface area contributed by atoms with Gasteiger partial charge in [-0.2, -0.15) is 13.2 Å². The molecular formula is C25H26F4N4O2. The summed E-state index contributed by atoms with van der Waals surface area (Å²) < 4.78 is 53.2. The summed E-state index contributed by atoms with van der Waals surface area (Å²) in [6, 6.07) is 8.87. The zero-order valence-electron chi connectivity index (χ0n) is 18.9. The molecule has 3 aliphatic carbocycles. The van der Waals surface area contributed by atoms with Crippen LogP contribution in [-0.2, 0) is 12.6 Å². The molecule has 2 bridgehead atoms. The lowest BCUT2D eigenvalue weighted by molar-refractivity contribution is -0.140. The van der Waals surface area contributed by atoms with Crippen LogP contribution in [-0.4, -0.2) is 32.2 Å². The van der Waals surface area contributed by atoms with Gasteiger partial charge in [-0.15, -0.1) is 0 Å². The molecule has 186 valence electrons. The molecule has 3 aliphatic rings. The van der Waals surface area contributed by atoms with Crippen LogP contribution in [0.4, 0.5) is 22.4 Å². The average Bonchev–Trinajstić information content (AvgIpc) is 3.23. The Morgan fingerprint density at radius 1 is 1.09 bits per heavy atom. The molecule has 0 spiro atoms. The van der Waals surface area contributed by atoms with Crippen molar-refractivity contribution in [3.05, 3.63) is 65.2 Å². The Labute approximate surface area is 199 Å². The highest BCUT2D eigenvalue weighted by Crippen LogP contribution is 2.46. The molecule has 10 heteroatoms. The van der Waals surface area contributed by atoms with Crippen LogP contribution in [0.25, 0.3) is 11.0 Å². The fourth-order valence-corrected chi connectivity index (χ4v) is 5.29. The summed E-state index contributed by atoms with van der Waals surface area (Å²) in [7, 11) is 0. The van der Waals surface area contributed by atoms with Crippen LogP contribution < -0.4 is 10.6 Å². The summed E-state index contributed by atoms with van der Waals surface area (Å²) >= 11 is 0. The van der Waals surface area contributed by atoms with Gasteiger partial charge in [0, 0.05) is 12.0 Å². The van der Waals surface area contributed by atoms with Crippen LogP contribution in [0.2, 0.25) is 0 Å². The lowest BCUT2D eigenvalue weighted by Crippen LogP contribution is -2.60. The predicted molar refractivity (Wildman–Crippen MR) is 121 cm³/mol. The minimum Gasteiger partial charge on any atom is -0.390 e. The molecule has 3 fully saturated rings. The van der Waals surface area contributed by atoms with E-state index in [1.807, 2.05) is 18.2 Å². The third kappa shape index (κ3) is 4.84. The summed E-state index contributed by atoms with van der Waals surface area (Å²) in [4.78, 5) is 20.8. The van der Waals surface area contributed by atoms with Crippen molar-refractivity contribution < 1.29 is 27.5 Å². The van der Waals surface area contributed by atoms with E-state index in [1.54, 1.807) is 6.07 Å². The van der Waals surface area contributed by atoms with Crippen molar-refractivity contribution in [3.8, 4) is 0 Å². The number of aromatic amines is 1. The normalized spacial score (nSPS) is 24.9. The summed E-state index contributed by atoms with van der Waals surface area (Å²) in [6.45, 7) is 0. The minimum absolute atomic E-state index is 0.0368. The predicted octanol–water partition coefficient (Wildman–Crippen LogP) is 5.14. The Balaban J connectivity index is 1.38. The molecule has 1 aromatic heterocycles. The number of imidazole rings is 1. The van der Waals surface area contributed by atoms with Crippen molar-refractivity contribution in [1.29, 1.82) is 0 Å². The maximum Gasteiger partial charge on any atom is 0.419 e. The number of halogens is 4. The number of aromatic nitrogens is 2. The van der Waals surface area contributed by atoms with E-state index in [1.165, 1.54) is 6.07 Å². The number of nitrogens with one attached hydrogen (secondary N) is 3. The molecule has 6 rings (SSSR count). The molecule has 0 saturated heterocycles. The van der Waals surface area contributed by atoms with Crippen molar-refractivity contribution >= 4 is 17.1 Å². The van der Waals surface area contributed by atoms with Gasteiger partial charge in [0.2, 0.25) is 0 Å². The van der Waals surface area contributed by atoms with Crippen molar-refractivity contribution in [3.63, 3.8) is 0 Å². The minimum atomic E-state index is -4.79. The Bertz CT molecular complexity index is 1200. The van der Waals surface area contributed by atoms with Gasteiger partial charge in [-0.05, 0) is 68.4 Å². The van der Waals surface area contributed by atoms with E-state index in [0.29, 0.717) is 61.5 Å². The number of para-hydroxylation sites is 2. The third-order valence-corrected chi connectivity index (χ3v) is 7.41. The third-order valence-electron chi connectivity index (χ3n) is 7.41. The number of benzene rings is 2. The van der Waals surface area contributed by atoms with E-state index in [0.717, 1.165) is 11.6 Å². The number of alkyl halides is 3. The molecule has 1 heterocycles. The van der Waals surface area contributed by atoms with Gasteiger partial charge < -0.3 is 20.7 Å². The smallest absolute Gasteiger partial charge is 0.390 e. The number of rotatable bonds is 5. The topological polar surface area (TPSA) is 90.0 Å². The maximum atomic E-state index is 14.2. The maximum absolute atomic E-state index is 14.2. The number of amides is 2. The van der Waals surface area contributed by atoms with Crippen LogP contribution in [0, 0.1) is 5.82 Å². The highest BCUT2D eigenvalue weighted by molar-refractivity contribution is 5.77. The molecule has 3 saturated carbocycles. The molecule has 35 heavy (non-hydrogen) atoms. The van der Waals surface area contributed by atoms with Crippen molar-refractivity contribution in [2.24, 2.45) is 0 Å². The van der Waals surface area contributed by atoms with Gasteiger partial charge in [0.1, 0.15) is 11.6 Å². The van der Waals surface area contributed by atoms with E-state index in [9.17, 15) is 27.5 Å². The SMILES string of the molecule is O=C(NC(Cc1ccc(C(F)(F)F)c(F)c1)c1nc2ccccc2[nH]1)NC12CCC(O)(CC1)CC2. The van der Waals surface area contributed by atoms with Gasteiger partial charge in [0.25, 0.3) is 0 Å². The van der Waals surface area contributed by atoms with Crippen LogP contribution in [0.5, 0.6) is 0 Å². The number of aliphatic hydroxyl groups is 1. The van der Waals surface area contributed by atoms with Gasteiger partial charge >= 0.3 is 12.2 Å². The number of fused-ring (bicyclic) bond motifs is 4. The molecule has 2 amide bonds. The van der Waals surface area contributed by atoms with Gasteiger partial charge in [0.15, 0.2) is 0 Å². The highest BCUT2D eigenvalue weighted by Gasteiger charge is 2.48. The standard InChI is InChI=1S/C25H26F4N4O2/c26-17-13-15(5-6-16(17)25(27,28)29)14-20(21-30-18-3-1-2-4-19(18)31-21)32-22(34)33-23-7-10-24(35,11-8-23)12-9-23/h1-6,13,20,35H,7-12,14H2,(H,30,31)(H2,32,33,34). The fraction of sp³-hybridized carbons (Fsp3) is 0.440. The lowest BCUT2D eigenvalue weighted by Gasteiger charge is -2.51. The average molecular weight is 491 g/mol. The Hall–Kier alpha value is -3.14. The molecule has 1 atom stereocenters. The number of carbonyl (C=O) groups excluding carboxylic acids is 1. The molecule has 2 aromatic carbocycles. The largest absolute Gasteiger partial charge is 0.419 e. The monoisotopic (exact) mass is 490 g/mol. The molecule has 6 nitrogen and oxygen atoms in total.